The summed E-state index contributed by atoms with van der Waals surface area (Å²) in [6.07, 6.45) is 3.85. The molecule has 23 heavy (non-hydrogen) atoms. The van der Waals surface area contributed by atoms with Crippen molar-refractivity contribution < 1.29 is 9.53 Å². The third-order valence-electron chi connectivity index (χ3n) is 3.92. The van der Waals surface area contributed by atoms with Crippen molar-refractivity contribution in [2.75, 3.05) is 19.9 Å². The number of carbonyl (C=O) groups excluding carboxylic acids is 1. The first-order valence-electron chi connectivity index (χ1n) is 8.44. The lowest BCUT2D eigenvalue weighted by Gasteiger charge is -2.24. The molecule has 1 heterocycles. The van der Waals surface area contributed by atoms with E-state index in [1.807, 2.05) is 30.3 Å². The SMILES string of the molecule is CCCCOC/N=C1\CC[C@@H](C(=O)NCc2ccccc2)NC1. The average Bonchev–Trinajstić information content (AvgIpc) is 2.61. The Morgan fingerprint density at radius 3 is 2.91 bits per heavy atom. The average molecular weight is 317 g/mol. The van der Waals surface area contributed by atoms with E-state index in [-0.39, 0.29) is 11.9 Å². The van der Waals surface area contributed by atoms with Gasteiger partial charge in [-0.3, -0.25) is 9.79 Å². The van der Waals surface area contributed by atoms with Crippen molar-refractivity contribution in [1.82, 2.24) is 10.6 Å². The van der Waals surface area contributed by atoms with Crippen molar-refractivity contribution in [3.63, 3.8) is 0 Å². The molecule has 2 N–H and O–H groups in total. The molecular weight excluding hydrogens is 290 g/mol. The molecule has 0 unspecified atom stereocenters. The number of benzene rings is 1. The summed E-state index contributed by atoms with van der Waals surface area (Å²) in [5.41, 5.74) is 2.21. The Morgan fingerprint density at radius 2 is 2.22 bits per heavy atom. The molecule has 126 valence electrons. The number of carbonyl (C=O) groups is 1. The van der Waals surface area contributed by atoms with Crippen molar-refractivity contribution in [3.8, 4) is 0 Å². The van der Waals surface area contributed by atoms with Gasteiger partial charge in [-0.05, 0) is 24.8 Å². The predicted molar refractivity (Wildman–Crippen MR) is 92.5 cm³/mol. The zero-order valence-electron chi connectivity index (χ0n) is 13.9. The number of hydrogen-bond donors (Lipinski definition) is 2. The van der Waals surface area contributed by atoms with E-state index >= 15 is 0 Å². The maximum atomic E-state index is 12.2. The van der Waals surface area contributed by atoms with Crippen LogP contribution in [0.3, 0.4) is 0 Å². The summed E-state index contributed by atoms with van der Waals surface area (Å²) in [6, 6.07) is 9.83. The van der Waals surface area contributed by atoms with E-state index in [1.165, 1.54) is 0 Å². The summed E-state index contributed by atoms with van der Waals surface area (Å²) in [5, 5.41) is 6.24. The van der Waals surface area contributed by atoms with Gasteiger partial charge < -0.3 is 15.4 Å². The van der Waals surface area contributed by atoms with Crippen LogP contribution in [0.5, 0.6) is 0 Å². The van der Waals surface area contributed by atoms with E-state index in [4.69, 9.17) is 4.74 Å². The van der Waals surface area contributed by atoms with Crippen LogP contribution in [0.15, 0.2) is 35.3 Å². The largest absolute Gasteiger partial charge is 0.359 e. The Hall–Kier alpha value is -1.72. The number of ether oxygens (including phenoxy) is 1. The highest BCUT2D eigenvalue weighted by Gasteiger charge is 2.22. The minimum Gasteiger partial charge on any atom is -0.359 e. The van der Waals surface area contributed by atoms with E-state index in [0.29, 0.717) is 19.8 Å². The fourth-order valence-electron chi connectivity index (χ4n) is 2.46. The standard InChI is InChI=1S/C18H27N3O2/c1-2-3-11-23-14-21-16-9-10-17(19-13-16)18(22)20-12-15-7-5-4-6-8-15/h4-8,17,19H,2-3,9-14H2,1H3,(H,20,22)/b21-16+/t17-/m0/s1. The van der Waals surface area contributed by atoms with E-state index in [9.17, 15) is 4.79 Å². The second-order valence-electron chi connectivity index (χ2n) is 5.79. The Bertz CT molecular complexity index is 492. The number of amides is 1. The number of nitrogens with one attached hydrogen (secondary N) is 2. The Labute approximate surface area is 138 Å². The molecule has 1 aliphatic rings. The van der Waals surface area contributed by atoms with Gasteiger partial charge in [0.05, 0.1) is 6.04 Å². The number of hydrogen-bond acceptors (Lipinski definition) is 4. The van der Waals surface area contributed by atoms with Crippen LogP contribution in [-0.4, -0.2) is 37.5 Å². The number of piperidine rings is 1. The Balaban J connectivity index is 1.65. The number of aliphatic imine (C=N–C) groups is 1. The molecule has 5 nitrogen and oxygen atoms in total. The predicted octanol–water partition coefficient (Wildman–Crippen LogP) is 2.27. The van der Waals surface area contributed by atoms with Crippen LogP contribution >= 0.6 is 0 Å². The van der Waals surface area contributed by atoms with Gasteiger partial charge in [0.15, 0.2) is 0 Å². The van der Waals surface area contributed by atoms with Gasteiger partial charge in [0.2, 0.25) is 5.91 Å². The molecule has 1 aromatic rings. The molecule has 0 radical (unpaired) electrons. The van der Waals surface area contributed by atoms with Crippen molar-refractivity contribution >= 4 is 11.6 Å². The third kappa shape index (κ3) is 6.50. The molecule has 0 saturated carbocycles. The lowest BCUT2D eigenvalue weighted by molar-refractivity contribution is -0.123. The van der Waals surface area contributed by atoms with E-state index < -0.39 is 0 Å². The number of rotatable bonds is 8. The summed E-state index contributed by atoms with van der Waals surface area (Å²) in [4.78, 5) is 16.6. The van der Waals surface area contributed by atoms with Crippen LogP contribution in [0.4, 0.5) is 0 Å². The molecule has 0 bridgehead atoms. The van der Waals surface area contributed by atoms with Crippen LogP contribution in [0.25, 0.3) is 0 Å². The lowest BCUT2D eigenvalue weighted by atomic mass is 10.0. The smallest absolute Gasteiger partial charge is 0.237 e. The molecule has 0 aliphatic carbocycles. The van der Waals surface area contributed by atoms with Gasteiger partial charge >= 0.3 is 0 Å². The summed E-state index contributed by atoms with van der Waals surface area (Å²) in [7, 11) is 0. The van der Waals surface area contributed by atoms with Crippen molar-refractivity contribution in [2.45, 2.75) is 45.2 Å². The highest BCUT2D eigenvalue weighted by atomic mass is 16.5. The van der Waals surface area contributed by atoms with Gasteiger partial charge in [-0.25, -0.2) is 0 Å². The monoisotopic (exact) mass is 317 g/mol. The summed E-state index contributed by atoms with van der Waals surface area (Å²) in [5.74, 6) is 0.0621. The number of nitrogens with zero attached hydrogens (tertiary/aromatic N) is 1. The van der Waals surface area contributed by atoms with Crippen molar-refractivity contribution in [1.29, 1.82) is 0 Å². The highest BCUT2D eigenvalue weighted by molar-refractivity contribution is 5.90. The first-order chi connectivity index (χ1) is 11.3. The second-order valence-corrected chi connectivity index (χ2v) is 5.79. The van der Waals surface area contributed by atoms with Crippen molar-refractivity contribution in [3.05, 3.63) is 35.9 Å². The molecule has 0 aromatic heterocycles. The topological polar surface area (TPSA) is 62.7 Å². The minimum atomic E-state index is -0.126. The van der Waals surface area contributed by atoms with Crippen LogP contribution in [-0.2, 0) is 16.1 Å². The number of unbranched alkanes of at least 4 members (excludes halogenated alkanes) is 1. The Morgan fingerprint density at radius 1 is 1.39 bits per heavy atom. The van der Waals surface area contributed by atoms with Crippen LogP contribution in [0.2, 0.25) is 0 Å². The molecule has 1 amide bonds. The van der Waals surface area contributed by atoms with Gasteiger partial charge in [0.25, 0.3) is 0 Å². The van der Waals surface area contributed by atoms with Crippen LogP contribution < -0.4 is 10.6 Å². The van der Waals surface area contributed by atoms with Gasteiger partial charge in [-0.1, -0.05) is 43.7 Å². The zero-order chi connectivity index (χ0) is 16.3. The first kappa shape index (κ1) is 17.6. The molecule has 5 heteroatoms. The lowest BCUT2D eigenvalue weighted by Crippen LogP contribution is -2.49. The summed E-state index contributed by atoms with van der Waals surface area (Å²) < 4.78 is 5.44. The molecule has 0 spiro atoms. The Kier molecular flexibility index (Phi) is 7.77. The van der Waals surface area contributed by atoms with Crippen molar-refractivity contribution in [2.24, 2.45) is 4.99 Å². The fourth-order valence-corrected chi connectivity index (χ4v) is 2.46. The van der Waals surface area contributed by atoms with Gasteiger partial charge in [-0.15, -0.1) is 0 Å². The molecule has 1 fully saturated rings. The third-order valence-corrected chi connectivity index (χ3v) is 3.92. The van der Waals surface area contributed by atoms with Crippen LogP contribution in [0.1, 0.15) is 38.2 Å². The molecular formula is C18H27N3O2. The van der Waals surface area contributed by atoms with Gasteiger partial charge in [-0.2, -0.15) is 0 Å². The van der Waals surface area contributed by atoms with E-state index in [1.54, 1.807) is 0 Å². The normalized spacial score (nSPS) is 19.7. The molecule has 1 aliphatic heterocycles. The van der Waals surface area contributed by atoms with Gasteiger partial charge in [0.1, 0.15) is 6.73 Å². The second kappa shape index (κ2) is 10.1. The maximum absolute atomic E-state index is 12.2. The molecule has 2 rings (SSSR count). The fraction of sp³-hybridized carbons (Fsp3) is 0.556. The summed E-state index contributed by atoms with van der Waals surface area (Å²) >= 11 is 0. The molecule has 1 saturated heterocycles. The molecule has 1 aromatic carbocycles. The first-order valence-corrected chi connectivity index (χ1v) is 8.44. The minimum absolute atomic E-state index is 0.0621. The van der Waals surface area contributed by atoms with E-state index in [0.717, 1.165) is 43.6 Å². The quantitative estimate of drug-likeness (QED) is 0.723. The highest BCUT2D eigenvalue weighted by Crippen LogP contribution is 2.07. The maximum Gasteiger partial charge on any atom is 0.237 e. The van der Waals surface area contributed by atoms with E-state index in [2.05, 4.69) is 22.5 Å². The van der Waals surface area contributed by atoms with Gasteiger partial charge in [0, 0.05) is 25.4 Å². The summed E-state index contributed by atoms with van der Waals surface area (Å²) in [6.45, 7) is 4.58. The zero-order valence-corrected chi connectivity index (χ0v) is 13.9. The van der Waals surface area contributed by atoms with Crippen LogP contribution in [0, 0.1) is 0 Å². The molecule has 1 atom stereocenters.